The average Bonchev–Trinajstić information content (AvgIpc) is 2.98. The summed E-state index contributed by atoms with van der Waals surface area (Å²) in [4.78, 5) is 11.5. The van der Waals surface area contributed by atoms with Crippen molar-refractivity contribution in [1.82, 2.24) is 0 Å². The van der Waals surface area contributed by atoms with Crippen LogP contribution >= 0.6 is 0 Å². The van der Waals surface area contributed by atoms with Crippen molar-refractivity contribution in [2.45, 2.75) is 97.0 Å². The minimum Gasteiger partial charge on any atom is -0.469 e. The summed E-state index contributed by atoms with van der Waals surface area (Å²) >= 11 is 0. The van der Waals surface area contributed by atoms with Crippen LogP contribution in [0.1, 0.15) is 90.9 Å². The van der Waals surface area contributed by atoms with Gasteiger partial charge in [0.25, 0.3) is 0 Å². The second-order valence-electron chi connectivity index (χ2n) is 10.8. The second kappa shape index (κ2) is 7.35. The van der Waals surface area contributed by atoms with Gasteiger partial charge in [0.05, 0.1) is 13.2 Å². The van der Waals surface area contributed by atoms with Gasteiger partial charge in [-0.25, -0.2) is 0 Å². The van der Waals surface area contributed by atoms with Gasteiger partial charge in [0, 0.05) is 6.42 Å². The van der Waals surface area contributed by atoms with E-state index in [1.807, 2.05) is 0 Å². The predicted octanol–water partition coefficient (Wildman–Crippen LogP) is 5.35. The van der Waals surface area contributed by atoms with Crippen molar-refractivity contribution < 1.29 is 14.6 Å². The fourth-order valence-electron chi connectivity index (χ4n) is 8.43. The van der Waals surface area contributed by atoms with E-state index in [2.05, 4.69) is 13.8 Å². The molecule has 4 unspecified atom stereocenters. The van der Waals surface area contributed by atoms with Crippen LogP contribution in [-0.2, 0) is 9.53 Å². The van der Waals surface area contributed by atoms with Crippen molar-refractivity contribution in [2.24, 2.45) is 40.4 Å². The Morgan fingerprint density at radius 2 is 1.81 bits per heavy atom. The topological polar surface area (TPSA) is 46.5 Å². The zero-order chi connectivity index (χ0) is 19.2. The molecule has 0 aromatic heterocycles. The Kier molecular flexibility index (Phi) is 5.37. The molecule has 154 valence electrons. The zero-order valence-electron chi connectivity index (χ0n) is 17.7. The number of methoxy groups -OCH3 is 1. The number of carbonyl (C=O) groups is 1. The van der Waals surface area contributed by atoms with Crippen LogP contribution < -0.4 is 0 Å². The van der Waals surface area contributed by atoms with Gasteiger partial charge in [0.15, 0.2) is 0 Å². The third-order valence-electron chi connectivity index (χ3n) is 9.96. The number of ether oxygens (including phenoxy) is 1. The highest BCUT2D eigenvalue weighted by atomic mass is 16.5. The molecule has 4 saturated carbocycles. The van der Waals surface area contributed by atoms with Gasteiger partial charge in [-0.05, 0) is 98.2 Å². The lowest BCUT2D eigenvalue weighted by molar-refractivity contribution is -0.162. The van der Waals surface area contributed by atoms with Crippen LogP contribution in [0.3, 0.4) is 0 Å². The summed E-state index contributed by atoms with van der Waals surface area (Å²) in [6.07, 6.45) is 14.3. The van der Waals surface area contributed by atoms with Gasteiger partial charge in [0.2, 0.25) is 0 Å². The summed E-state index contributed by atoms with van der Waals surface area (Å²) in [5.41, 5.74) is 0.850. The molecule has 4 fully saturated rings. The maximum atomic E-state index is 11.5. The first-order valence-corrected chi connectivity index (χ1v) is 11.6. The molecule has 0 aromatic rings. The van der Waals surface area contributed by atoms with Crippen LogP contribution in [0.15, 0.2) is 0 Å². The van der Waals surface area contributed by atoms with Gasteiger partial charge >= 0.3 is 5.97 Å². The van der Waals surface area contributed by atoms with Crippen molar-refractivity contribution in [3.8, 4) is 0 Å². The van der Waals surface area contributed by atoms with Gasteiger partial charge in [0.1, 0.15) is 0 Å². The first-order valence-electron chi connectivity index (χ1n) is 11.6. The van der Waals surface area contributed by atoms with E-state index in [0.717, 1.165) is 37.0 Å². The smallest absolute Gasteiger partial charge is 0.305 e. The molecule has 0 aliphatic heterocycles. The molecule has 4 rings (SSSR count). The van der Waals surface area contributed by atoms with Crippen molar-refractivity contribution in [3.63, 3.8) is 0 Å². The number of fused-ring (bicyclic) bond motifs is 5. The van der Waals surface area contributed by atoms with Gasteiger partial charge < -0.3 is 9.84 Å². The van der Waals surface area contributed by atoms with Gasteiger partial charge in [-0.2, -0.15) is 0 Å². The molecule has 4 aliphatic rings. The van der Waals surface area contributed by atoms with E-state index in [0.29, 0.717) is 29.1 Å². The summed E-state index contributed by atoms with van der Waals surface area (Å²) in [7, 11) is 1.49. The van der Waals surface area contributed by atoms with Crippen LogP contribution in [-0.4, -0.2) is 24.3 Å². The lowest BCUT2D eigenvalue weighted by atomic mass is 9.44. The highest BCUT2D eigenvalue weighted by Gasteiger charge is 2.61. The van der Waals surface area contributed by atoms with E-state index >= 15 is 0 Å². The highest BCUT2D eigenvalue weighted by molar-refractivity contribution is 5.68. The molecule has 3 heteroatoms. The Hall–Kier alpha value is -0.570. The maximum Gasteiger partial charge on any atom is 0.305 e. The van der Waals surface area contributed by atoms with Crippen LogP contribution in [0.4, 0.5) is 0 Å². The average molecular weight is 377 g/mol. The highest BCUT2D eigenvalue weighted by Crippen LogP contribution is 2.67. The lowest BCUT2D eigenvalue weighted by Gasteiger charge is -2.62. The molecular weight excluding hydrogens is 336 g/mol. The number of hydrogen-bond donors (Lipinski definition) is 1. The predicted molar refractivity (Wildman–Crippen MR) is 107 cm³/mol. The molecule has 4 aliphatic carbocycles. The van der Waals surface area contributed by atoms with Crippen molar-refractivity contribution >= 4 is 5.97 Å². The van der Waals surface area contributed by atoms with E-state index < -0.39 is 0 Å². The van der Waals surface area contributed by atoms with E-state index in [4.69, 9.17) is 4.74 Å². The standard InChI is InChI=1S/C24H40O3/c1-23-13-5-4-7-17(23)15-20(25)22-18-11-10-16(8-6-9-21(26)27-3)24(18,2)14-12-19(22)23/h16-20,22,25H,4-15H2,1-3H3/t16-,17?,18?,19+,20-,22?,23?,24+/m1/s1. The molecule has 0 spiro atoms. The number of carbonyl (C=O) groups excluding carboxylic acids is 1. The monoisotopic (exact) mass is 376 g/mol. The summed E-state index contributed by atoms with van der Waals surface area (Å²) in [5, 5.41) is 11.2. The van der Waals surface area contributed by atoms with E-state index in [1.54, 1.807) is 0 Å². The summed E-state index contributed by atoms with van der Waals surface area (Å²) in [6, 6.07) is 0. The van der Waals surface area contributed by atoms with Crippen LogP contribution in [0, 0.1) is 40.4 Å². The third-order valence-corrected chi connectivity index (χ3v) is 9.96. The number of esters is 1. The van der Waals surface area contributed by atoms with Crippen LogP contribution in [0.2, 0.25) is 0 Å². The first-order chi connectivity index (χ1) is 12.9. The molecule has 0 saturated heterocycles. The Balaban J connectivity index is 1.49. The minimum absolute atomic E-state index is 0.0719. The third kappa shape index (κ3) is 3.16. The molecule has 8 atom stereocenters. The summed E-state index contributed by atoms with van der Waals surface area (Å²) in [6.45, 7) is 5.09. The van der Waals surface area contributed by atoms with Crippen molar-refractivity contribution in [3.05, 3.63) is 0 Å². The quantitative estimate of drug-likeness (QED) is 0.673. The molecule has 3 nitrogen and oxygen atoms in total. The van der Waals surface area contributed by atoms with Gasteiger partial charge in [-0.15, -0.1) is 0 Å². The van der Waals surface area contributed by atoms with E-state index in [1.165, 1.54) is 58.5 Å². The Labute approximate surface area is 165 Å². The molecule has 27 heavy (non-hydrogen) atoms. The van der Waals surface area contributed by atoms with Gasteiger partial charge in [-0.3, -0.25) is 4.79 Å². The normalized spacial score (nSPS) is 49.0. The molecular formula is C24H40O3. The number of aliphatic hydroxyl groups excluding tert-OH is 1. The Morgan fingerprint density at radius 1 is 1.04 bits per heavy atom. The SMILES string of the molecule is COC(=O)CCC[C@@H]1CCC2C3[C@H](O)CC4CCCCC4(C)[C@H]3CC[C@]21C. The molecule has 0 aromatic carbocycles. The molecule has 0 bridgehead atoms. The van der Waals surface area contributed by atoms with Crippen molar-refractivity contribution in [2.75, 3.05) is 7.11 Å². The van der Waals surface area contributed by atoms with Gasteiger partial charge in [-0.1, -0.05) is 26.7 Å². The number of aliphatic hydroxyl groups is 1. The summed E-state index contributed by atoms with van der Waals surface area (Å²) < 4.78 is 4.82. The fraction of sp³-hybridized carbons (Fsp3) is 0.958. The lowest BCUT2D eigenvalue weighted by Crippen LogP contribution is -2.57. The molecule has 0 heterocycles. The maximum absolute atomic E-state index is 11.5. The number of rotatable bonds is 4. The zero-order valence-corrected chi connectivity index (χ0v) is 17.7. The first kappa shape index (κ1) is 19.7. The van der Waals surface area contributed by atoms with Crippen LogP contribution in [0.25, 0.3) is 0 Å². The summed E-state index contributed by atoms with van der Waals surface area (Å²) in [5.74, 6) is 3.35. The Morgan fingerprint density at radius 3 is 2.59 bits per heavy atom. The second-order valence-corrected chi connectivity index (χ2v) is 10.8. The Bertz CT molecular complexity index is 560. The largest absolute Gasteiger partial charge is 0.469 e. The fourth-order valence-corrected chi connectivity index (χ4v) is 8.43. The minimum atomic E-state index is -0.0791. The van der Waals surface area contributed by atoms with E-state index in [9.17, 15) is 9.90 Å². The molecule has 1 N–H and O–H groups in total. The van der Waals surface area contributed by atoms with Crippen LogP contribution in [0.5, 0.6) is 0 Å². The van der Waals surface area contributed by atoms with Crippen molar-refractivity contribution in [1.29, 1.82) is 0 Å². The molecule has 0 amide bonds. The molecule has 0 radical (unpaired) electrons. The number of hydrogen-bond acceptors (Lipinski definition) is 3. The van der Waals surface area contributed by atoms with E-state index in [-0.39, 0.29) is 12.1 Å².